The van der Waals surface area contributed by atoms with Gasteiger partial charge in [-0.05, 0) is 6.92 Å². The standard InChI is InChI=1S/C9H11N3O4/c1-5(13)6-3-12(4-7(10)14)9(16)11(2)8(6)15/h3H,4H2,1-2H3,(H2,10,14). The van der Waals surface area contributed by atoms with Crippen LogP contribution >= 0.6 is 0 Å². The van der Waals surface area contributed by atoms with Crippen LogP contribution in [0, 0.1) is 0 Å². The molecule has 0 bridgehead atoms. The van der Waals surface area contributed by atoms with Crippen LogP contribution < -0.4 is 17.0 Å². The number of carbonyl (C=O) groups excluding carboxylic acids is 2. The van der Waals surface area contributed by atoms with Crippen molar-refractivity contribution in [2.24, 2.45) is 12.8 Å². The molecular formula is C9H11N3O4. The molecule has 0 unspecified atom stereocenters. The van der Waals surface area contributed by atoms with E-state index in [0.717, 1.165) is 15.3 Å². The number of nitrogens with zero attached hydrogens (tertiary/aromatic N) is 2. The van der Waals surface area contributed by atoms with E-state index in [-0.39, 0.29) is 12.1 Å². The minimum atomic E-state index is -0.727. The first kappa shape index (κ1) is 11.9. The lowest BCUT2D eigenvalue weighted by Gasteiger charge is -2.06. The highest BCUT2D eigenvalue weighted by atomic mass is 16.2. The smallest absolute Gasteiger partial charge is 0.331 e. The van der Waals surface area contributed by atoms with E-state index in [9.17, 15) is 19.2 Å². The van der Waals surface area contributed by atoms with Crippen LogP contribution in [0.5, 0.6) is 0 Å². The minimum absolute atomic E-state index is 0.150. The molecule has 0 aromatic carbocycles. The maximum Gasteiger partial charge on any atom is 0.331 e. The molecule has 0 atom stereocenters. The van der Waals surface area contributed by atoms with E-state index in [0.29, 0.717) is 0 Å². The molecule has 0 spiro atoms. The van der Waals surface area contributed by atoms with E-state index in [4.69, 9.17) is 5.73 Å². The van der Waals surface area contributed by atoms with Crippen molar-refractivity contribution in [3.05, 3.63) is 32.6 Å². The van der Waals surface area contributed by atoms with Crippen LogP contribution in [0.25, 0.3) is 0 Å². The zero-order valence-electron chi connectivity index (χ0n) is 8.89. The summed E-state index contributed by atoms with van der Waals surface area (Å²) in [5, 5.41) is 0. The molecule has 1 rings (SSSR count). The first-order valence-electron chi connectivity index (χ1n) is 4.44. The summed E-state index contributed by atoms with van der Waals surface area (Å²) in [4.78, 5) is 44.8. The fourth-order valence-electron chi connectivity index (χ4n) is 1.25. The van der Waals surface area contributed by atoms with Crippen LogP contribution in [0.15, 0.2) is 15.8 Å². The predicted octanol–water partition coefficient (Wildman–Crippen LogP) is -1.77. The number of Topliss-reactive ketones (excluding diaryl/α,β-unsaturated/α-hetero) is 1. The van der Waals surface area contributed by atoms with Gasteiger partial charge in [-0.3, -0.25) is 23.5 Å². The van der Waals surface area contributed by atoms with Gasteiger partial charge in [-0.2, -0.15) is 0 Å². The van der Waals surface area contributed by atoms with E-state index in [1.807, 2.05) is 0 Å². The third kappa shape index (κ3) is 2.08. The average molecular weight is 225 g/mol. The van der Waals surface area contributed by atoms with Crippen LogP contribution in [0.1, 0.15) is 17.3 Å². The Bertz CT molecular complexity index is 567. The number of amides is 1. The first-order valence-corrected chi connectivity index (χ1v) is 4.44. The van der Waals surface area contributed by atoms with Gasteiger partial charge in [-0.15, -0.1) is 0 Å². The fourth-order valence-corrected chi connectivity index (χ4v) is 1.25. The van der Waals surface area contributed by atoms with Crippen LogP contribution in [0.2, 0.25) is 0 Å². The van der Waals surface area contributed by atoms with Gasteiger partial charge in [0.15, 0.2) is 5.78 Å². The van der Waals surface area contributed by atoms with Gasteiger partial charge in [-0.1, -0.05) is 0 Å². The van der Waals surface area contributed by atoms with Gasteiger partial charge in [0.25, 0.3) is 5.56 Å². The summed E-state index contributed by atoms with van der Waals surface area (Å²) in [6.45, 7) is 0.836. The molecule has 1 heterocycles. The molecule has 0 fully saturated rings. The van der Waals surface area contributed by atoms with Gasteiger partial charge in [0.2, 0.25) is 5.91 Å². The van der Waals surface area contributed by atoms with Crippen molar-refractivity contribution in [2.45, 2.75) is 13.5 Å². The molecular weight excluding hydrogens is 214 g/mol. The lowest BCUT2D eigenvalue weighted by molar-refractivity contribution is -0.118. The number of ketones is 1. The molecule has 0 radical (unpaired) electrons. The molecule has 86 valence electrons. The van der Waals surface area contributed by atoms with Crippen molar-refractivity contribution in [1.82, 2.24) is 9.13 Å². The van der Waals surface area contributed by atoms with Crippen molar-refractivity contribution in [3.8, 4) is 0 Å². The lowest BCUT2D eigenvalue weighted by Crippen LogP contribution is -2.42. The van der Waals surface area contributed by atoms with Gasteiger partial charge >= 0.3 is 5.69 Å². The zero-order valence-corrected chi connectivity index (χ0v) is 8.89. The molecule has 2 N–H and O–H groups in total. The van der Waals surface area contributed by atoms with Crippen molar-refractivity contribution in [2.75, 3.05) is 0 Å². The van der Waals surface area contributed by atoms with Crippen molar-refractivity contribution < 1.29 is 9.59 Å². The second-order valence-electron chi connectivity index (χ2n) is 3.34. The lowest BCUT2D eigenvalue weighted by atomic mass is 10.2. The topological polar surface area (TPSA) is 104 Å². The monoisotopic (exact) mass is 225 g/mol. The molecule has 1 aromatic heterocycles. The second kappa shape index (κ2) is 4.13. The predicted molar refractivity (Wildman–Crippen MR) is 55.1 cm³/mol. The molecule has 7 heteroatoms. The molecule has 0 aliphatic heterocycles. The molecule has 0 aliphatic carbocycles. The highest BCUT2D eigenvalue weighted by molar-refractivity contribution is 5.93. The summed E-state index contributed by atoms with van der Waals surface area (Å²) < 4.78 is 1.69. The maximum atomic E-state index is 11.5. The summed E-state index contributed by atoms with van der Waals surface area (Å²) >= 11 is 0. The van der Waals surface area contributed by atoms with Gasteiger partial charge in [0.1, 0.15) is 6.54 Å². The number of rotatable bonds is 3. The SMILES string of the molecule is CC(=O)c1cn(CC(N)=O)c(=O)n(C)c1=O. The largest absolute Gasteiger partial charge is 0.368 e. The molecule has 1 amide bonds. The summed E-state index contributed by atoms with van der Waals surface area (Å²) in [6, 6.07) is 0. The van der Waals surface area contributed by atoms with Crippen molar-refractivity contribution in [3.63, 3.8) is 0 Å². The number of hydrogen-bond acceptors (Lipinski definition) is 4. The highest BCUT2D eigenvalue weighted by Gasteiger charge is 2.12. The highest BCUT2D eigenvalue weighted by Crippen LogP contribution is 1.90. The molecule has 0 saturated heterocycles. The molecule has 7 nitrogen and oxygen atoms in total. The Morgan fingerprint density at radius 1 is 1.38 bits per heavy atom. The first-order chi connectivity index (χ1) is 7.34. The van der Waals surface area contributed by atoms with Crippen LogP contribution in [0.4, 0.5) is 0 Å². The Morgan fingerprint density at radius 3 is 2.38 bits per heavy atom. The molecule has 16 heavy (non-hydrogen) atoms. The zero-order chi connectivity index (χ0) is 12.5. The number of primary amides is 1. The van der Waals surface area contributed by atoms with Gasteiger partial charge in [0, 0.05) is 13.2 Å². The Labute approximate surface area is 90.1 Å². The fraction of sp³-hybridized carbons (Fsp3) is 0.333. The Kier molecular flexibility index (Phi) is 3.07. The average Bonchev–Trinajstić information content (AvgIpc) is 2.18. The van der Waals surface area contributed by atoms with E-state index in [1.54, 1.807) is 0 Å². The van der Waals surface area contributed by atoms with Gasteiger partial charge in [0.05, 0.1) is 5.56 Å². The Balaban J connectivity index is 3.54. The number of nitrogens with two attached hydrogens (primary N) is 1. The quantitative estimate of drug-likeness (QED) is 0.615. The number of hydrogen-bond donors (Lipinski definition) is 1. The Hall–Kier alpha value is -2.18. The van der Waals surface area contributed by atoms with E-state index >= 15 is 0 Å². The normalized spacial score (nSPS) is 10.1. The number of carbonyl (C=O) groups is 2. The van der Waals surface area contributed by atoms with E-state index in [1.165, 1.54) is 14.0 Å². The third-order valence-electron chi connectivity index (χ3n) is 2.06. The molecule has 0 saturated carbocycles. The second-order valence-corrected chi connectivity index (χ2v) is 3.34. The summed E-state index contributed by atoms with van der Waals surface area (Å²) in [7, 11) is 1.23. The molecule has 1 aromatic rings. The summed E-state index contributed by atoms with van der Waals surface area (Å²) in [5.41, 5.74) is 3.42. The van der Waals surface area contributed by atoms with Crippen molar-refractivity contribution >= 4 is 11.7 Å². The van der Waals surface area contributed by atoms with Gasteiger partial charge < -0.3 is 5.73 Å². The van der Waals surface area contributed by atoms with Crippen LogP contribution in [-0.4, -0.2) is 20.8 Å². The Morgan fingerprint density at radius 2 is 1.94 bits per heavy atom. The molecule has 0 aliphatic rings. The van der Waals surface area contributed by atoms with Crippen molar-refractivity contribution in [1.29, 1.82) is 0 Å². The van der Waals surface area contributed by atoms with E-state index in [2.05, 4.69) is 0 Å². The van der Waals surface area contributed by atoms with Gasteiger partial charge in [-0.25, -0.2) is 4.79 Å². The maximum absolute atomic E-state index is 11.5. The third-order valence-corrected chi connectivity index (χ3v) is 2.06. The van der Waals surface area contributed by atoms with Crippen LogP contribution in [-0.2, 0) is 18.4 Å². The summed E-state index contributed by atoms with van der Waals surface area (Å²) in [5.74, 6) is -1.20. The number of aromatic nitrogens is 2. The van der Waals surface area contributed by atoms with Crippen LogP contribution in [0.3, 0.4) is 0 Å². The van der Waals surface area contributed by atoms with E-state index < -0.39 is 22.9 Å². The summed E-state index contributed by atoms with van der Waals surface area (Å²) in [6.07, 6.45) is 1.05. The minimum Gasteiger partial charge on any atom is -0.368 e.